The number of hydrogen-bond donors (Lipinski definition) is 2. The summed E-state index contributed by atoms with van der Waals surface area (Å²) < 4.78 is 16.2. The Bertz CT molecular complexity index is 1080. The molecule has 3 rings (SSSR count). The molecule has 0 aliphatic carbocycles. The van der Waals surface area contributed by atoms with E-state index < -0.39 is 23.5 Å². The maximum Gasteiger partial charge on any atom is 0.295 e. The monoisotopic (exact) mass is 475 g/mol. The largest absolute Gasteiger partial charge is 0.508 e. The van der Waals surface area contributed by atoms with Crippen molar-refractivity contribution >= 4 is 29.1 Å². The van der Waals surface area contributed by atoms with E-state index >= 15 is 0 Å². The van der Waals surface area contributed by atoms with Crippen LogP contribution in [0.2, 0.25) is 5.02 Å². The van der Waals surface area contributed by atoms with Gasteiger partial charge in [-0.25, -0.2) is 0 Å². The highest BCUT2D eigenvalue weighted by atomic mass is 35.5. The Balaban J connectivity index is 2.18. The van der Waals surface area contributed by atoms with Gasteiger partial charge in [0, 0.05) is 12.6 Å². The summed E-state index contributed by atoms with van der Waals surface area (Å²) >= 11 is 6.17. The summed E-state index contributed by atoms with van der Waals surface area (Å²) in [4.78, 5) is 27.4. The number of methoxy groups -OCH3 is 2. The fourth-order valence-electron chi connectivity index (χ4n) is 3.69. The predicted octanol–water partition coefficient (Wildman–Crippen LogP) is 3.91. The van der Waals surface area contributed by atoms with Crippen LogP contribution in [0.5, 0.6) is 17.2 Å². The number of ketones is 1. The van der Waals surface area contributed by atoms with E-state index in [9.17, 15) is 19.8 Å². The van der Waals surface area contributed by atoms with Crippen molar-refractivity contribution in [2.45, 2.75) is 26.0 Å². The summed E-state index contributed by atoms with van der Waals surface area (Å²) in [7, 11) is 2.82. The number of carbonyl (C=O) groups is 2. The number of benzene rings is 2. The lowest BCUT2D eigenvalue weighted by Gasteiger charge is -2.26. The van der Waals surface area contributed by atoms with E-state index in [1.807, 2.05) is 13.8 Å². The van der Waals surface area contributed by atoms with Gasteiger partial charge in [-0.15, -0.1) is 0 Å². The lowest BCUT2D eigenvalue weighted by atomic mass is 9.95. The van der Waals surface area contributed by atoms with Gasteiger partial charge in [-0.1, -0.05) is 23.7 Å². The number of hydrogen-bond acceptors (Lipinski definition) is 7. The van der Waals surface area contributed by atoms with Crippen molar-refractivity contribution in [3.05, 3.63) is 58.1 Å². The molecule has 1 heterocycles. The standard InChI is InChI=1S/C24H26ClNO7/c1-13(2)33-10-9-26-21(14-5-7-15(27)8-6-14)20(23(29)24(26)30)22(28)16-11-19(32-4)17(25)12-18(16)31-3/h5-8,11-13,21,27-28H,9-10H2,1-4H3/b22-20+. The molecular formula is C24H26ClNO7. The second kappa shape index (κ2) is 10.1. The number of aliphatic hydroxyl groups excluding tert-OH is 1. The molecule has 0 aromatic heterocycles. The third kappa shape index (κ3) is 4.91. The molecule has 1 aliphatic rings. The number of aromatic hydroxyl groups is 1. The summed E-state index contributed by atoms with van der Waals surface area (Å²) in [5.41, 5.74) is 0.579. The third-order valence-electron chi connectivity index (χ3n) is 5.26. The highest BCUT2D eigenvalue weighted by Crippen LogP contribution is 2.43. The van der Waals surface area contributed by atoms with Crippen molar-refractivity contribution in [3.8, 4) is 17.2 Å². The molecule has 1 unspecified atom stereocenters. The van der Waals surface area contributed by atoms with Crippen LogP contribution in [-0.2, 0) is 14.3 Å². The molecule has 0 saturated carbocycles. The quantitative estimate of drug-likeness (QED) is 0.338. The molecule has 1 fully saturated rings. The van der Waals surface area contributed by atoms with Crippen LogP contribution < -0.4 is 9.47 Å². The van der Waals surface area contributed by atoms with Crippen molar-refractivity contribution in [2.75, 3.05) is 27.4 Å². The molecule has 1 amide bonds. The average Bonchev–Trinajstić information content (AvgIpc) is 3.03. The van der Waals surface area contributed by atoms with Crippen molar-refractivity contribution in [1.82, 2.24) is 4.90 Å². The van der Waals surface area contributed by atoms with E-state index in [-0.39, 0.29) is 52.7 Å². The van der Waals surface area contributed by atoms with Crippen LogP contribution in [0.1, 0.15) is 31.0 Å². The molecule has 0 bridgehead atoms. The number of amides is 1. The Morgan fingerprint density at radius 1 is 1.09 bits per heavy atom. The molecule has 176 valence electrons. The smallest absolute Gasteiger partial charge is 0.295 e. The van der Waals surface area contributed by atoms with Gasteiger partial charge < -0.3 is 29.3 Å². The zero-order valence-corrected chi connectivity index (χ0v) is 19.5. The maximum absolute atomic E-state index is 13.1. The lowest BCUT2D eigenvalue weighted by Crippen LogP contribution is -2.33. The molecule has 33 heavy (non-hydrogen) atoms. The Labute approximate surface area is 196 Å². The highest BCUT2D eigenvalue weighted by Gasteiger charge is 2.46. The molecule has 0 spiro atoms. The van der Waals surface area contributed by atoms with Gasteiger partial charge in [-0.05, 0) is 37.6 Å². The molecule has 2 N–H and O–H groups in total. The summed E-state index contributed by atoms with van der Waals surface area (Å²) in [6.45, 7) is 4.07. The number of halogens is 1. The Morgan fingerprint density at radius 3 is 2.30 bits per heavy atom. The SMILES string of the molecule is COc1cc(/C(O)=C2\C(=O)C(=O)N(CCOC(C)C)C2c2ccc(O)cc2)c(OC)cc1Cl. The first kappa shape index (κ1) is 24.4. The molecule has 8 nitrogen and oxygen atoms in total. The van der Waals surface area contributed by atoms with E-state index in [1.54, 1.807) is 12.1 Å². The van der Waals surface area contributed by atoms with Gasteiger partial charge in [0.1, 0.15) is 23.0 Å². The first-order chi connectivity index (χ1) is 15.7. The highest BCUT2D eigenvalue weighted by molar-refractivity contribution is 6.46. The minimum atomic E-state index is -0.896. The Kier molecular flexibility index (Phi) is 7.50. The number of rotatable bonds is 8. The van der Waals surface area contributed by atoms with Crippen LogP contribution in [0.3, 0.4) is 0 Å². The summed E-state index contributed by atoms with van der Waals surface area (Å²) in [6.07, 6.45) is -0.0558. The van der Waals surface area contributed by atoms with E-state index in [0.717, 1.165) is 0 Å². The van der Waals surface area contributed by atoms with E-state index in [1.165, 1.54) is 43.4 Å². The van der Waals surface area contributed by atoms with Gasteiger partial charge >= 0.3 is 0 Å². The molecule has 1 saturated heterocycles. The number of phenolic OH excluding ortho intramolecular Hbond substituents is 1. The molecule has 2 aromatic carbocycles. The van der Waals surface area contributed by atoms with E-state index in [2.05, 4.69) is 0 Å². The van der Waals surface area contributed by atoms with E-state index in [4.69, 9.17) is 25.8 Å². The van der Waals surface area contributed by atoms with Crippen LogP contribution in [0.15, 0.2) is 42.0 Å². The lowest BCUT2D eigenvalue weighted by molar-refractivity contribution is -0.140. The second-order valence-corrected chi connectivity index (χ2v) is 8.10. The second-order valence-electron chi connectivity index (χ2n) is 7.69. The molecule has 1 atom stereocenters. The average molecular weight is 476 g/mol. The first-order valence-corrected chi connectivity index (χ1v) is 10.7. The van der Waals surface area contributed by atoms with Gasteiger partial charge in [0.2, 0.25) is 0 Å². The number of ether oxygens (including phenoxy) is 3. The van der Waals surface area contributed by atoms with Gasteiger partial charge in [0.15, 0.2) is 0 Å². The first-order valence-electron chi connectivity index (χ1n) is 10.3. The van der Waals surface area contributed by atoms with Crippen LogP contribution >= 0.6 is 11.6 Å². The Morgan fingerprint density at radius 2 is 1.73 bits per heavy atom. The summed E-state index contributed by atoms with van der Waals surface area (Å²) in [5, 5.41) is 21.2. The van der Waals surface area contributed by atoms with Gasteiger partial charge in [0.25, 0.3) is 11.7 Å². The van der Waals surface area contributed by atoms with Crippen LogP contribution in [0.25, 0.3) is 5.76 Å². The molecule has 2 aromatic rings. The van der Waals surface area contributed by atoms with Gasteiger partial charge in [-0.3, -0.25) is 9.59 Å². The number of phenols is 1. The summed E-state index contributed by atoms with van der Waals surface area (Å²) in [6, 6.07) is 8.09. The minimum Gasteiger partial charge on any atom is -0.508 e. The molecule has 9 heteroatoms. The zero-order valence-electron chi connectivity index (χ0n) is 18.8. The number of likely N-dealkylation sites (tertiary alicyclic amines) is 1. The maximum atomic E-state index is 13.1. The predicted molar refractivity (Wildman–Crippen MR) is 123 cm³/mol. The number of aliphatic hydroxyl groups is 1. The van der Waals surface area contributed by atoms with Crippen molar-refractivity contribution < 1.29 is 34.0 Å². The fourth-order valence-corrected chi connectivity index (χ4v) is 3.92. The topological polar surface area (TPSA) is 106 Å². The zero-order chi connectivity index (χ0) is 24.3. The normalized spacial score (nSPS) is 17.6. The third-order valence-corrected chi connectivity index (χ3v) is 5.56. The van der Waals surface area contributed by atoms with E-state index in [0.29, 0.717) is 5.56 Å². The van der Waals surface area contributed by atoms with Gasteiger partial charge in [0.05, 0.1) is 49.1 Å². The van der Waals surface area contributed by atoms with Crippen molar-refractivity contribution in [3.63, 3.8) is 0 Å². The fraction of sp³-hybridized carbons (Fsp3) is 0.333. The summed E-state index contributed by atoms with van der Waals surface area (Å²) in [5.74, 6) is -1.53. The molecule has 0 radical (unpaired) electrons. The Hall–Kier alpha value is -3.23. The van der Waals surface area contributed by atoms with Crippen molar-refractivity contribution in [2.24, 2.45) is 0 Å². The number of carbonyl (C=O) groups excluding carboxylic acids is 2. The van der Waals surface area contributed by atoms with Crippen LogP contribution in [0, 0.1) is 0 Å². The molecular weight excluding hydrogens is 450 g/mol. The number of nitrogens with zero attached hydrogens (tertiary/aromatic N) is 1. The van der Waals surface area contributed by atoms with Crippen LogP contribution in [0.4, 0.5) is 0 Å². The molecule has 1 aliphatic heterocycles. The number of Topliss-reactive ketones (excluding diaryl/α,β-unsaturated/α-hetero) is 1. The van der Waals surface area contributed by atoms with Crippen LogP contribution in [-0.4, -0.2) is 60.3 Å². The van der Waals surface area contributed by atoms with Crippen molar-refractivity contribution in [1.29, 1.82) is 0 Å². The van der Waals surface area contributed by atoms with Gasteiger partial charge in [-0.2, -0.15) is 0 Å². The minimum absolute atomic E-state index is 0.0305.